The number of carbonyl (C=O) groups excluding carboxylic acids is 3. The summed E-state index contributed by atoms with van der Waals surface area (Å²) in [6.07, 6.45) is 8.32. The second kappa shape index (κ2) is 9.19. The van der Waals surface area contributed by atoms with Gasteiger partial charge in [-0.2, -0.15) is 0 Å². The Labute approximate surface area is 166 Å². The molecule has 1 atom stereocenters. The highest BCUT2D eigenvalue weighted by Crippen LogP contribution is 2.33. The van der Waals surface area contributed by atoms with Gasteiger partial charge in [0, 0.05) is 18.5 Å². The molecule has 2 aliphatic rings. The van der Waals surface area contributed by atoms with Crippen molar-refractivity contribution in [3.8, 4) is 0 Å². The molecule has 1 saturated heterocycles. The van der Waals surface area contributed by atoms with Crippen LogP contribution < -0.4 is 21.3 Å². The average Bonchev–Trinajstić information content (AvgIpc) is 3.15. The van der Waals surface area contributed by atoms with E-state index in [1.165, 1.54) is 32.1 Å². The molecule has 7 heteroatoms. The molecular weight excluding hydrogens is 356 g/mol. The maximum Gasteiger partial charge on any atom is 0.322 e. The van der Waals surface area contributed by atoms with E-state index in [9.17, 15) is 14.4 Å². The number of fused-ring (bicyclic) bond motifs is 1. The summed E-state index contributed by atoms with van der Waals surface area (Å²) in [6, 6.07) is 5.22. The van der Waals surface area contributed by atoms with E-state index in [-0.39, 0.29) is 18.4 Å². The molecule has 1 fully saturated rings. The van der Waals surface area contributed by atoms with E-state index in [1.807, 2.05) is 18.2 Å². The first-order valence-corrected chi connectivity index (χ1v) is 10.3. The molecule has 0 bridgehead atoms. The number of benzene rings is 1. The van der Waals surface area contributed by atoms with Crippen molar-refractivity contribution < 1.29 is 14.4 Å². The SMILES string of the molecule is CCCCCCCCNCC(=O)Nc1ccc2c(c1)CC1(C2)NC(=O)NC1=O. The number of hydrogen-bond donors (Lipinski definition) is 4. The molecule has 1 aliphatic carbocycles. The van der Waals surface area contributed by atoms with Crippen LogP contribution in [0.3, 0.4) is 0 Å². The van der Waals surface area contributed by atoms with Gasteiger partial charge in [-0.1, -0.05) is 45.1 Å². The molecule has 152 valence electrons. The molecule has 1 heterocycles. The Bertz CT molecular complexity index is 749. The standard InChI is InChI=1S/C21H30N4O3/c1-2-3-4-5-6-7-10-22-14-18(26)23-17-9-8-15-12-21(13-16(15)11-17)19(27)24-20(28)25-21/h8-9,11,22H,2-7,10,12-14H2,1H3,(H,23,26)(H2,24,25,27,28). The largest absolute Gasteiger partial charge is 0.325 e. The lowest BCUT2D eigenvalue weighted by atomic mass is 9.96. The van der Waals surface area contributed by atoms with E-state index in [0.717, 1.165) is 24.1 Å². The molecule has 3 rings (SSSR count). The van der Waals surface area contributed by atoms with Crippen LogP contribution in [0.25, 0.3) is 0 Å². The lowest BCUT2D eigenvalue weighted by molar-refractivity contribution is -0.123. The number of urea groups is 1. The van der Waals surface area contributed by atoms with Crippen molar-refractivity contribution in [2.24, 2.45) is 0 Å². The maximum atomic E-state index is 12.1. The van der Waals surface area contributed by atoms with Crippen molar-refractivity contribution in [2.75, 3.05) is 18.4 Å². The molecular formula is C21H30N4O3. The Kier molecular flexibility index (Phi) is 6.67. The van der Waals surface area contributed by atoms with Crippen LogP contribution in [0, 0.1) is 0 Å². The van der Waals surface area contributed by atoms with E-state index in [2.05, 4.69) is 28.2 Å². The van der Waals surface area contributed by atoms with Crippen LogP contribution >= 0.6 is 0 Å². The molecule has 4 N–H and O–H groups in total. The number of unbranched alkanes of at least 4 members (excludes halogenated alkanes) is 5. The minimum atomic E-state index is -0.874. The van der Waals surface area contributed by atoms with Crippen molar-refractivity contribution in [1.29, 1.82) is 0 Å². The lowest BCUT2D eigenvalue weighted by Crippen LogP contribution is -2.47. The number of rotatable bonds is 10. The first kappa shape index (κ1) is 20.3. The molecule has 4 amide bonds. The number of anilines is 1. The highest BCUT2D eigenvalue weighted by molar-refractivity contribution is 6.07. The maximum absolute atomic E-state index is 12.1. The summed E-state index contributed by atoms with van der Waals surface area (Å²) < 4.78 is 0. The summed E-state index contributed by atoms with van der Waals surface area (Å²) >= 11 is 0. The van der Waals surface area contributed by atoms with Crippen LogP contribution in [-0.2, 0) is 22.4 Å². The molecule has 1 unspecified atom stereocenters. The normalized spacial score (nSPS) is 20.2. The van der Waals surface area contributed by atoms with Gasteiger partial charge >= 0.3 is 6.03 Å². The fraction of sp³-hybridized carbons (Fsp3) is 0.571. The van der Waals surface area contributed by atoms with Crippen molar-refractivity contribution >= 4 is 23.5 Å². The Morgan fingerprint density at radius 1 is 1.07 bits per heavy atom. The molecule has 1 spiro atoms. The molecule has 0 radical (unpaired) electrons. The van der Waals surface area contributed by atoms with Crippen LogP contribution in [0.15, 0.2) is 18.2 Å². The number of imide groups is 1. The minimum absolute atomic E-state index is 0.0782. The second-order valence-electron chi connectivity index (χ2n) is 7.82. The van der Waals surface area contributed by atoms with Crippen molar-refractivity contribution in [3.63, 3.8) is 0 Å². The summed E-state index contributed by atoms with van der Waals surface area (Å²) in [5.74, 6) is -0.358. The van der Waals surface area contributed by atoms with Crippen LogP contribution in [-0.4, -0.2) is 36.5 Å². The average molecular weight is 386 g/mol. The minimum Gasteiger partial charge on any atom is -0.325 e. The quantitative estimate of drug-likeness (QED) is 0.366. The zero-order valence-corrected chi connectivity index (χ0v) is 16.5. The summed E-state index contributed by atoms with van der Waals surface area (Å²) in [5.41, 5.74) is 1.85. The lowest BCUT2D eigenvalue weighted by Gasteiger charge is -2.18. The Balaban J connectivity index is 1.41. The van der Waals surface area contributed by atoms with Crippen molar-refractivity contribution in [2.45, 2.75) is 63.8 Å². The molecule has 0 aromatic heterocycles. The van der Waals surface area contributed by atoms with Crippen LogP contribution in [0.5, 0.6) is 0 Å². The van der Waals surface area contributed by atoms with Gasteiger partial charge < -0.3 is 16.0 Å². The van der Waals surface area contributed by atoms with Gasteiger partial charge in [0.15, 0.2) is 0 Å². The third-order valence-corrected chi connectivity index (χ3v) is 5.48. The predicted octanol–water partition coefficient (Wildman–Crippen LogP) is 2.25. The van der Waals surface area contributed by atoms with Gasteiger partial charge in [0.1, 0.15) is 5.54 Å². The van der Waals surface area contributed by atoms with Gasteiger partial charge in [-0.3, -0.25) is 14.9 Å². The smallest absolute Gasteiger partial charge is 0.322 e. The summed E-state index contributed by atoms with van der Waals surface area (Å²) in [7, 11) is 0. The molecule has 1 aromatic carbocycles. The van der Waals surface area contributed by atoms with E-state index < -0.39 is 11.6 Å². The molecule has 7 nitrogen and oxygen atoms in total. The topological polar surface area (TPSA) is 99.3 Å². The van der Waals surface area contributed by atoms with E-state index in [1.54, 1.807) is 0 Å². The molecule has 0 saturated carbocycles. The van der Waals surface area contributed by atoms with Gasteiger partial charge in [0.05, 0.1) is 6.54 Å². The third kappa shape index (κ3) is 4.90. The highest BCUT2D eigenvalue weighted by atomic mass is 16.2. The van der Waals surface area contributed by atoms with E-state index in [4.69, 9.17) is 0 Å². The van der Waals surface area contributed by atoms with Gasteiger partial charge in [0.2, 0.25) is 5.91 Å². The van der Waals surface area contributed by atoms with Crippen LogP contribution in [0.4, 0.5) is 10.5 Å². The first-order chi connectivity index (χ1) is 13.5. The molecule has 28 heavy (non-hydrogen) atoms. The predicted molar refractivity (Wildman–Crippen MR) is 108 cm³/mol. The number of hydrogen-bond acceptors (Lipinski definition) is 4. The van der Waals surface area contributed by atoms with Crippen LogP contribution in [0.2, 0.25) is 0 Å². The van der Waals surface area contributed by atoms with Gasteiger partial charge in [0.25, 0.3) is 5.91 Å². The van der Waals surface area contributed by atoms with E-state index >= 15 is 0 Å². The summed E-state index contributed by atoms with van der Waals surface area (Å²) in [4.78, 5) is 35.7. The molecule has 1 aromatic rings. The zero-order valence-electron chi connectivity index (χ0n) is 16.5. The second-order valence-corrected chi connectivity index (χ2v) is 7.82. The number of nitrogens with one attached hydrogen (secondary N) is 4. The number of carbonyl (C=O) groups is 3. The monoisotopic (exact) mass is 386 g/mol. The van der Waals surface area contributed by atoms with Gasteiger partial charge in [-0.25, -0.2) is 4.79 Å². The fourth-order valence-electron chi connectivity index (χ4n) is 3.97. The summed E-state index contributed by atoms with van der Waals surface area (Å²) in [5, 5.41) is 11.1. The first-order valence-electron chi connectivity index (χ1n) is 10.3. The Morgan fingerprint density at radius 2 is 1.82 bits per heavy atom. The fourth-order valence-corrected chi connectivity index (χ4v) is 3.97. The highest BCUT2D eigenvalue weighted by Gasteiger charge is 2.49. The Hall–Kier alpha value is -2.41. The van der Waals surface area contributed by atoms with Gasteiger partial charge in [-0.15, -0.1) is 0 Å². The summed E-state index contributed by atoms with van der Waals surface area (Å²) in [6.45, 7) is 3.35. The molecule has 1 aliphatic heterocycles. The zero-order chi connectivity index (χ0) is 20.0. The Morgan fingerprint density at radius 3 is 2.57 bits per heavy atom. The van der Waals surface area contributed by atoms with Crippen LogP contribution in [0.1, 0.15) is 56.6 Å². The van der Waals surface area contributed by atoms with E-state index in [0.29, 0.717) is 18.5 Å². The third-order valence-electron chi connectivity index (χ3n) is 5.48. The van der Waals surface area contributed by atoms with Gasteiger partial charge in [-0.05, 0) is 36.2 Å². The number of amides is 4. The van der Waals surface area contributed by atoms with Crippen molar-refractivity contribution in [1.82, 2.24) is 16.0 Å². The van der Waals surface area contributed by atoms with Crippen molar-refractivity contribution in [3.05, 3.63) is 29.3 Å².